The SMILES string of the molecule is CC.CC(=O)C(NC(=O)C1CCC(=O)N1CC1=CCCS1)C(C)(C)C. The van der Waals surface area contributed by atoms with Crippen molar-refractivity contribution in [1.82, 2.24) is 10.2 Å². The number of ketones is 1. The van der Waals surface area contributed by atoms with Gasteiger partial charge in [-0.3, -0.25) is 14.4 Å². The maximum Gasteiger partial charge on any atom is 0.243 e. The van der Waals surface area contributed by atoms with Gasteiger partial charge in [-0.15, -0.1) is 11.8 Å². The zero-order chi connectivity index (χ0) is 19.2. The van der Waals surface area contributed by atoms with Crippen LogP contribution < -0.4 is 5.32 Å². The molecule has 0 aromatic carbocycles. The topological polar surface area (TPSA) is 66.5 Å². The lowest BCUT2D eigenvalue weighted by Gasteiger charge is -2.32. The molecule has 0 aromatic rings. The van der Waals surface area contributed by atoms with Crippen LogP contribution in [-0.4, -0.2) is 46.9 Å². The van der Waals surface area contributed by atoms with Crippen molar-refractivity contribution in [3.05, 3.63) is 11.0 Å². The minimum absolute atomic E-state index is 0.0219. The fraction of sp³-hybridized carbons (Fsp3) is 0.737. The number of nitrogens with one attached hydrogen (secondary N) is 1. The van der Waals surface area contributed by atoms with E-state index >= 15 is 0 Å². The van der Waals surface area contributed by atoms with Crippen LogP contribution in [0, 0.1) is 5.41 Å². The Kier molecular flexibility index (Phi) is 8.19. The molecule has 1 fully saturated rings. The Balaban J connectivity index is 0.00000151. The van der Waals surface area contributed by atoms with E-state index in [2.05, 4.69) is 11.4 Å². The fourth-order valence-electron chi connectivity index (χ4n) is 3.12. The van der Waals surface area contributed by atoms with Crippen molar-refractivity contribution in [1.29, 1.82) is 0 Å². The predicted octanol–water partition coefficient (Wildman–Crippen LogP) is 3.14. The smallest absolute Gasteiger partial charge is 0.243 e. The van der Waals surface area contributed by atoms with Crippen LogP contribution in [0.1, 0.15) is 60.8 Å². The lowest BCUT2D eigenvalue weighted by Crippen LogP contribution is -2.54. The molecule has 2 amide bonds. The van der Waals surface area contributed by atoms with E-state index in [4.69, 9.17) is 0 Å². The molecule has 0 bridgehead atoms. The highest BCUT2D eigenvalue weighted by Crippen LogP contribution is 2.29. The van der Waals surface area contributed by atoms with Gasteiger partial charge in [0.25, 0.3) is 0 Å². The van der Waals surface area contributed by atoms with Crippen LogP contribution in [-0.2, 0) is 14.4 Å². The number of Topliss-reactive ketones (excluding diaryl/α,β-unsaturated/α-hetero) is 1. The molecule has 2 aliphatic heterocycles. The third-order valence-electron chi connectivity index (χ3n) is 4.29. The van der Waals surface area contributed by atoms with E-state index in [0.717, 1.165) is 17.1 Å². The van der Waals surface area contributed by atoms with E-state index in [1.165, 1.54) is 6.92 Å². The molecule has 2 atom stereocenters. The monoisotopic (exact) mass is 368 g/mol. The highest BCUT2D eigenvalue weighted by molar-refractivity contribution is 8.03. The Morgan fingerprint density at radius 1 is 1.36 bits per heavy atom. The lowest BCUT2D eigenvalue weighted by molar-refractivity contribution is -0.136. The summed E-state index contributed by atoms with van der Waals surface area (Å²) >= 11 is 1.75. The van der Waals surface area contributed by atoms with Crippen molar-refractivity contribution in [3.8, 4) is 0 Å². The molecular weight excluding hydrogens is 336 g/mol. The molecule has 2 unspecified atom stereocenters. The lowest BCUT2D eigenvalue weighted by atomic mass is 9.84. The summed E-state index contributed by atoms with van der Waals surface area (Å²) in [6, 6.07) is -0.999. The molecule has 0 aromatic heterocycles. The van der Waals surface area contributed by atoms with Gasteiger partial charge in [-0.2, -0.15) is 0 Å². The van der Waals surface area contributed by atoms with Gasteiger partial charge in [0.2, 0.25) is 11.8 Å². The largest absolute Gasteiger partial charge is 0.344 e. The van der Waals surface area contributed by atoms with Gasteiger partial charge in [-0.25, -0.2) is 0 Å². The highest BCUT2D eigenvalue weighted by Gasteiger charge is 2.39. The van der Waals surface area contributed by atoms with Crippen LogP contribution in [0.5, 0.6) is 0 Å². The average Bonchev–Trinajstić information content (AvgIpc) is 3.16. The first-order chi connectivity index (χ1) is 11.7. The number of allylic oxidation sites excluding steroid dienone is 1. The Morgan fingerprint density at radius 3 is 2.48 bits per heavy atom. The summed E-state index contributed by atoms with van der Waals surface area (Å²) in [4.78, 5) is 39.5. The summed E-state index contributed by atoms with van der Waals surface area (Å²) in [7, 11) is 0. The number of carbonyl (C=O) groups is 3. The molecule has 0 aliphatic carbocycles. The zero-order valence-corrected chi connectivity index (χ0v) is 17.2. The number of amides is 2. The molecule has 1 saturated heterocycles. The van der Waals surface area contributed by atoms with E-state index in [-0.39, 0.29) is 23.0 Å². The second-order valence-corrected chi connectivity index (χ2v) is 8.52. The standard InChI is InChI=1S/C17H26N2O3S.C2H6/c1-11(20)15(17(2,3)4)18-16(22)13-7-8-14(21)19(13)10-12-6-5-9-23-12;1-2/h6,13,15H,5,7-10H2,1-4H3,(H,18,22);1-2H3. The van der Waals surface area contributed by atoms with E-state index in [0.29, 0.717) is 19.4 Å². The molecule has 6 heteroatoms. The van der Waals surface area contributed by atoms with Gasteiger partial charge in [0.05, 0.1) is 12.6 Å². The number of thioether (sulfide) groups is 1. The third-order valence-corrected chi connectivity index (χ3v) is 5.40. The normalized spacial score (nSPS) is 21.4. The molecule has 25 heavy (non-hydrogen) atoms. The van der Waals surface area contributed by atoms with Crippen molar-refractivity contribution >= 4 is 29.4 Å². The van der Waals surface area contributed by atoms with E-state index < -0.39 is 12.1 Å². The Hall–Kier alpha value is -1.30. The molecule has 0 radical (unpaired) electrons. The second-order valence-electron chi connectivity index (χ2n) is 7.30. The summed E-state index contributed by atoms with van der Waals surface area (Å²) in [5.74, 6) is 0.795. The van der Waals surface area contributed by atoms with Crippen molar-refractivity contribution in [2.75, 3.05) is 12.3 Å². The molecule has 0 spiro atoms. The van der Waals surface area contributed by atoms with E-state index in [1.807, 2.05) is 34.6 Å². The number of hydrogen-bond donors (Lipinski definition) is 1. The van der Waals surface area contributed by atoms with Gasteiger partial charge in [-0.1, -0.05) is 40.7 Å². The maximum atomic E-state index is 12.7. The van der Waals surface area contributed by atoms with Gasteiger partial charge < -0.3 is 10.2 Å². The summed E-state index contributed by atoms with van der Waals surface area (Å²) < 4.78 is 0. The fourth-order valence-corrected chi connectivity index (χ4v) is 4.08. The minimum atomic E-state index is -0.535. The zero-order valence-electron chi connectivity index (χ0n) is 16.3. The molecule has 0 saturated carbocycles. The van der Waals surface area contributed by atoms with E-state index in [1.54, 1.807) is 16.7 Å². The van der Waals surface area contributed by atoms with Gasteiger partial charge in [0.15, 0.2) is 5.78 Å². The molecule has 142 valence electrons. The number of carbonyl (C=O) groups excluding carboxylic acids is 3. The summed E-state index contributed by atoms with van der Waals surface area (Å²) in [5.41, 5.74) is -0.348. The molecule has 2 heterocycles. The summed E-state index contributed by atoms with van der Waals surface area (Å²) in [6.07, 6.45) is 4.09. The first-order valence-corrected chi connectivity index (χ1v) is 10.1. The third kappa shape index (κ3) is 5.87. The van der Waals surface area contributed by atoms with E-state index in [9.17, 15) is 14.4 Å². The number of rotatable bonds is 5. The second kappa shape index (κ2) is 9.41. The van der Waals surface area contributed by atoms with Crippen LogP contribution in [0.4, 0.5) is 0 Å². The molecular formula is C19H32N2O3S. The minimum Gasteiger partial charge on any atom is -0.344 e. The molecule has 2 rings (SSSR count). The predicted molar refractivity (Wildman–Crippen MR) is 103 cm³/mol. The summed E-state index contributed by atoms with van der Waals surface area (Å²) in [5, 5.41) is 2.87. The van der Waals surface area contributed by atoms with Gasteiger partial charge in [-0.05, 0) is 25.2 Å². The van der Waals surface area contributed by atoms with Crippen molar-refractivity contribution < 1.29 is 14.4 Å². The Morgan fingerprint density at radius 2 is 2.00 bits per heavy atom. The van der Waals surface area contributed by atoms with Crippen LogP contribution in [0.15, 0.2) is 11.0 Å². The first-order valence-electron chi connectivity index (χ1n) is 9.12. The van der Waals surface area contributed by atoms with Crippen molar-refractivity contribution in [2.45, 2.75) is 72.9 Å². The first kappa shape index (κ1) is 21.7. The highest BCUT2D eigenvalue weighted by atomic mass is 32.2. The Bertz CT molecular complexity index is 537. The van der Waals surface area contributed by atoms with Gasteiger partial charge in [0.1, 0.15) is 6.04 Å². The number of likely N-dealkylation sites (tertiary alicyclic amines) is 1. The van der Waals surface area contributed by atoms with Crippen molar-refractivity contribution in [2.24, 2.45) is 5.41 Å². The maximum absolute atomic E-state index is 12.7. The average molecular weight is 369 g/mol. The van der Waals surface area contributed by atoms with Crippen LogP contribution >= 0.6 is 11.8 Å². The van der Waals surface area contributed by atoms with Gasteiger partial charge >= 0.3 is 0 Å². The van der Waals surface area contributed by atoms with Gasteiger partial charge in [0, 0.05) is 17.1 Å². The number of nitrogens with zero attached hydrogens (tertiary/aromatic N) is 1. The summed E-state index contributed by atoms with van der Waals surface area (Å²) in [6.45, 7) is 11.8. The van der Waals surface area contributed by atoms with Crippen LogP contribution in [0.25, 0.3) is 0 Å². The Labute approximate surface area is 156 Å². The molecule has 5 nitrogen and oxygen atoms in total. The van der Waals surface area contributed by atoms with Crippen LogP contribution in [0.2, 0.25) is 0 Å². The van der Waals surface area contributed by atoms with Crippen molar-refractivity contribution in [3.63, 3.8) is 0 Å². The number of hydrogen-bond acceptors (Lipinski definition) is 4. The van der Waals surface area contributed by atoms with Crippen LogP contribution in [0.3, 0.4) is 0 Å². The molecule has 1 N–H and O–H groups in total. The quantitative estimate of drug-likeness (QED) is 0.809. The molecule has 2 aliphatic rings.